The summed E-state index contributed by atoms with van der Waals surface area (Å²) in [6.07, 6.45) is -5.25. The average molecular weight is 610 g/mol. The van der Waals surface area contributed by atoms with Crippen LogP contribution in [0.25, 0.3) is 0 Å². The van der Waals surface area contributed by atoms with Crippen molar-refractivity contribution in [1.82, 2.24) is 15.5 Å². The molecule has 43 heavy (non-hydrogen) atoms. The molecule has 3 amide bonds. The van der Waals surface area contributed by atoms with Crippen molar-refractivity contribution >= 4 is 23.7 Å². The molecule has 9 nitrogen and oxygen atoms in total. The van der Waals surface area contributed by atoms with Gasteiger partial charge in [0.2, 0.25) is 18.2 Å². The lowest BCUT2D eigenvalue weighted by molar-refractivity contribution is -0.147. The molecule has 2 aromatic carbocycles. The Morgan fingerprint density at radius 3 is 2.26 bits per heavy atom. The van der Waals surface area contributed by atoms with E-state index in [4.69, 9.17) is 5.11 Å². The van der Waals surface area contributed by atoms with Gasteiger partial charge in [-0.05, 0) is 36.5 Å². The van der Waals surface area contributed by atoms with Crippen LogP contribution in [-0.4, -0.2) is 76.5 Å². The van der Waals surface area contributed by atoms with E-state index in [9.17, 15) is 41.8 Å². The Balaban J connectivity index is 1.74. The zero-order valence-corrected chi connectivity index (χ0v) is 23.7. The molecule has 0 bridgehead atoms. The molecule has 5 atom stereocenters. The Labute approximate surface area is 246 Å². The third kappa shape index (κ3) is 8.53. The fraction of sp³-hybridized carbons (Fsp3) is 0.467. The second-order valence-corrected chi connectivity index (χ2v) is 10.6. The van der Waals surface area contributed by atoms with Gasteiger partial charge in [-0.1, -0.05) is 50.6 Å². The van der Waals surface area contributed by atoms with Gasteiger partial charge in [-0.2, -0.15) is 0 Å². The number of carboxylic acid groups (broad SMARTS) is 1. The number of alkyl halides is 2. The molecule has 0 aromatic heterocycles. The SMILES string of the molecule is CCC(C)[C@H](O)C(=O)N1C[C@H](c2ccccc2)CC1C(=O)N[C@@H](CC(F)F)C(=O)NCCc1c(F)cc(C(=O)O)cc1F. The quantitative estimate of drug-likeness (QED) is 0.258. The largest absolute Gasteiger partial charge is 0.478 e. The molecule has 1 aliphatic rings. The van der Waals surface area contributed by atoms with Crippen LogP contribution in [0, 0.1) is 17.6 Å². The van der Waals surface area contributed by atoms with Crippen LogP contribution >= 0.6 is 0 Å². The van der Waals surface area contributed by atoms with Gasteiger partial charge in [0.1, 0.15) is 29.8 Å². The highest BCUT2D eigenvalue weighted by atomic mass is 19.3. The minimum absolute atomic E-state index is 0.0952. The normalized spacial score (nSPS) is 18.7. The van der Waals surface area contributed by atoms with Crippen molar-refractivity contribution in [3.8, 4) is 0 Å². The zero-order chi connectivity index (χ0) is 31.8. The number of amides is 3. The van der Waals surface area contributed by atoms with Gasteiger partial charge < -0.3 is 25.7 Å². The summed E-state index contributed by atoms with van der Waals surface area (Å²) >= 11 is 0. The van der Waals surface area contributed by atoms with E-state index in [1.165, 1.54) is 4.90 Å². The monoisotopic (exact) mass is 609 g/mol. The highest BCUT2D eigenvalue weighted by Gasteiger charge is 2.43. The van der Waals surface area contributed by atoms with Crippen LogP contribution in [0.15, 0.2) is 42.5 Å². The number of rotatable bonds is 13. The maximum atomic E-state index is 14.2. The second kappa shape index (κ2) is 14.9. The first kappa shape index (κ1) is 33.5. The Morgan fingerprint density at radius 2 is 1.70 bits per heavy atom. The van der Waals surface area contributed by atoms with Crippen LogP contribution in [0.4, 0.5) is 17.6 Å². The molecule has 0 radical (unpaired) electrons. The van der Waals surface area contributed by atoms with Crippen molar-refractivity contribution in [3.05, 3.63) is 70.8 Å². The standard InChI is InChI=1S/C30H35F4N3O6/c1-3-16(2)26(38)29(41)37-15-19(17-7-5-4-6-8-17)13-24(37)28(40)36-23(14-25(33)34)27(39)35-10-9-20-21(31)11-18(30(42)43)12-22(20)32/h4-8,11-12,16,19,23-26,38H,3,9-10,13-15H2,1-2H3,(H,35,39)(H,36,40)(H,42,43)/t16?,19-,23+,24?,26+/m1/s1. The van der Waals surface area contributed by atoms with E-state index in [0.29, 0.717) is 18.6 Å². The van der Waals surface area contributed by atoms with Crippen LogP contribution in [0.2, 0.25) is 0 Å². The topological polar surface area (TPSA) is 136 Å². The van der Waals surface area contributed by atoms with Gasteiger partial charge in [-0.15, -0.1) is 0 Å². The molecule has 1 heterocycles. The Bertz CT molecular complexity index is 1290. The van der Waals surface area contributed by atoms with E-state index >= 15 is 0 Å². The highest BCUT2D eigenvalue weighted by molar-refractivity contribution is 5.93. The first-order valence-corrected chi connectivity index (χ1v) is 13.9. The summed E-state index contributed by atoms with van der Waals surface area (Å²) in [7, 11) is 0. The summed E-state index contributed by atoms with van der Waals surface area (Å²) < 4.78 is 55.3. The number of benzene rings is 2. The van der Waals surface area contributed by atoms with E-state index < -0.39 is 96.4 Å². The lowest BCUT2D eigenvalue weighted by Gasteiger charge is -2.29. The van der Waals surface area contributed by atoms with Crippen molar-refractivity contribution < 1.29 is 47.0 Å². The van der Waals surface area contributed by atoms with E-state index in [1.54, 1.807) is 32.0 Å². The number of carboxylic acids is 1. The molecule has 4 N–H and O–H groups in total. The number of hydrogen-bond acceptors (Lipinski definition) is 5. The predicted molar refractivity (Wildman–Crippen MR) is 147 cm³/mol. The molecular weight excluding hydrogens is 574 g/mol. The van der Waals surface area contributed by atoms with Gasteiger partial charge in [0.25, 0.3) is 5.91 Å². The zero-order valence-electron chi connectivity index (χ0n) is 23.7. The van der Waals surface area contributed by atoms with E-state index in [1.807, 2.05) is 12.1 Å². The van der Waals surface area contributed by atoms with E-state index in [0.717, 1.165) is 5.56 Å². The molecule has 0 saturated carbocycles. The molecule has 1 fully saturated rings. The number of nitrogens with zero attached hydrogens (tertiary/aromatic N) is 1. The van der Waals surface area contributed by atoms with Crippen molar-refractivity contribution in [2.45, 2.75) is 70.1 Å². The lowest BCUT2D eigenvalue weighted by atomic mass is 9.96. The number of aliphatic hydroxyl groups excluding tert-OH is 1. The van der Waals surface area contributed by atoms with Gasteiger partial charge in [0, 0.05) is 31.0 Å². The number of carbonyl (C=O) groups excluding carboxylic acids is 3. The smallest absolute Gasteiger partial charge is 0.335 e. The van der Waals surface area contributed by atoms with Crippen LogP contribution in [0.5, 0.6) is 0 Å². The van der Waals surface area contributed by atoms with Crippen molar-refractivity contribution in [1.29, 1.82) is 0 Å². The fourth-order valence-electron chi connectivity index (χ4n) is 5.01. The minimum Gasteiger partial charge on any atom is -0.478 e. The molecule has 2 unspecified atom stereocenters. The lowest BCUT2D eigenvalue weighted by Crippen LogP contribution is -2.55. The fourth-order valence-corrected chi connectivity index (χ4v) is 5.01. The second-order valence-electron chi connectivity index (χ2n) is 10.6. The molecule has 3 rings (SSSR count). The third-order valence-electron chi connectivity index (χ3n) is 7.70. The van der Waals surface area contributed by atoms with Crippen LogP contribution in [-0.2, 0) is 20.8 Å². The molecule has 0 aliphatic carbocycles. The van der Waals surface area contributed by atoms with Gasteiger partial charge in [-0.25, -0.2) is 22.4 Å². The summed E-state index contributed by atoms with van der Waals surface area (Å²) in [5.41, 5.74) is -0.272. The van der Waals surface area contributed by atoms with Crippen LogP contribution < -0.4 is 10.6 Å². The summed E-state index contributed by atoms with van der Waals surface area (Å²) in [6, 6.07) is 7.41. The number of hydrogen-bond donors (Lipinski definition) is 4. The molecule has 2 aromatic rings. The van der Waals surface area contributed by atoms with Crippen molar-refractivity contribution in [3.63, 3.8) is 0 Å². The molecular formula is C30H35F4N3O6. The van der Waals surface area contributed by atoms with Crippen LogP contribution in [0.1, 0.15) is 60.5 Å². The molecule has 1 saturated heterocycles. The maximum Gasteiger partial charge on any atom is 0.335 e. The van der Waals surface area contributed by atoms with Crippen molar-refractivity contribution in [2.75, 3.05) is 13.1 Å². The van der Waals surface area contributed by atoms with Gasteiger partial charge >= 0.3 is 5.97 Å². The Kier molecular flexibility index (Phi) is 11.6. The number of aliphatic hydroxyl groups is 1. The highest BCUT2D eigenvalue weighted by Crippen LogP contribution is 2.33. The Hall–Kier alpha value is -4.00. The Morgan fingerprint density at radius 1 is 1.07 bits per heavy atom. The predicted octanol–water partition coefficient (Wildman–Crippen LogP) is 3.25. The number of aromatic carboxylic acids is 1. The summed E-state index contributed by atoms with van der Waals surface area (Å²) in [5.74, 6) is -7.10. The summed E-state index contributed by atoms with van der Waals surface area (Å²) in [4.78, 5) is 51.6. The number of likely N-dealkylation sites (tertiary alicyclic amines) is 1. The maximum absolute atomic E-state index is 14.2. The van der Waals surface area contributed by atoms with Gasteiger partial charge in [0.15, 0.2) is 0 Å². The summed E-state index contributed by atoms with van der Waals surface area (Å²) in [6.45, 7) is 3.17. The van der Waals surface area contributed by atoms with Crippen LogP contribution in [0.3, 0.4) is 0 Å². The molecule has 13 heteroatoms. The third-order valence-corrected chi connectivity index (χ3v) is 7.70. The average Bonchev–Trinajstić information content (AvgIpc) is 3.42. The molecule has 1 aliphatic heterocycles. The number of halogens is 4. The number of nitrogens with one attached hydrogen (secondary N) is 2. The first-order chi connectivity index (χ1) is 20.3. The van der Waals surface area contributed by atoms with E-state index in [-0.39, 0.29) is 18.9 Å². The van der Waals surface area contributed by atoms with Gasteiger partial charge in [-0.3, -0.25) is 14.4 Å². The van der Waals surface area contributed by atoms with Gasteiger partial charge in [0.05, 0.1) is 5.56 Å². The minimum atomic E-state index is -3.00. The summed E-state index contributed by atoms with van der Waals surface area (Å²) in [5, 5.41) is 24.1. The molecule has 0 spiro atoms. The number of carbonyl (C=O) groups is 4. The van der Waals surface area contributed by atoms with E-state index in [2.05, 4.69) is 10.6 Å². The molecule has 234 valence electrons. The van der Waals surface area contributed by atoms with Crippen molar-refractivity contribution in [2.24, 2.45) is 5.92 Å². The first-order valence-electron chi connectivity index (χ1n) is 13.9.